The minimum atomic E-state index is 0.120. The minimum absolute atomic E-state index is 0.120. The lowest BCUT2D eigenvalue weighted by atomic mass is 9.97. The molecule has 1 heterocycles. The van der Waals surface area contributed by atoms with Crippen LogP contribution in [0.3, 0.4) is 0 Å². The highest BCUT2D eigenvalue weighted by Crippen LogP contribution is 2.19. The number of nitrogens with zero attached hydrogens (tertiary/aromatic N) is 3. The number of likely N-dealkylation sites (N-methyl/N-ethyl adjacent to an activating group) is 1. The molecule has 1 aliphatic heterocycles. The molecule has 2 rings (SSSR count). The molecule has 6 nitrogen and oxygen atoms in total. The molecule has 0 unspecified atom stereocenters. The molecule has 1 aliphatic carbocycles. The third kappa shape index (κ3) is 7.08. The molecular formula is C20H36N4O2. The van der Waals surface area contributed by atoms with Gasteiger partial charge in [-0.15, -0.1) is 0 Å². The van der Waals surface area contributed by atoms with Crippen molar-refractivity contribution in [3.63, 3.8) is 0 Å². The van der Waals surface area contributed by atoms with Crippen molar-refractivity contribution in [1.82, 2.24) is 20.0 Å². The summed E-state index contributed by atoms with van der Waals surface area (Å²) in [6, 6.07) is 0. The smallest absolute Gasteiger partial charge is 0.236 e. The van der Waals surface area contributed by atoms with Crippen molar-refractivity contribution in [3.05, 3.63) is 11.6 Å². The maximum atomic E-state index is 12.2. The fourth-order valence-corrected chi connectivity index (χ4v) is 3.73. The highest BCUT2D eigenvalue weighted by Gasteiger charge is 2.21. The highest BCUT2D eigenvalue weighted by molar-refractivity contribution is 5.78. The molecule has 2 amide bonds. The number of allylic oxidation sites excluding steroid dienone is 1. The van der Waals surface area contributed by atoms with Crippen molar-refractivity contribution in [2.45, 2.75) is 46.0 Å². The van der Waals surface area contributed by atoms with E-state index in [0.717, 1.165) is 52.2 Å². The molecule has 0 atom stereocenters. The summed E-state index contributed by atoms with van der Waals surface area (Å²) in [5, 5.41) is 3.05. The van der Waals surface area contributed by atoms with E-state index in [1.807, 2.05) is 18.7 Å². The largest absolute Gasteiger partial charge is 0.355 e. The molecule has 1 saturated heterocycles. The summed E-state index contributed by atoms with van der Waals surface area (Å²) in [4.78, 5) is 30.6. The molecule has 26 heavy (non-hydrogen) atoms. The van der Waals surface area contributed by atoms with E-state index in [1.54, 1.807) is 0 Å². The quantitative estimate of drug-likeness (QED) is 0.630. The predicted molar refractivity (Wildman–Crippen MR) is 105 cm³/mol. The summed E-state index contributed by atoms with van der Waals surface area (Å²) in [6.07, 6.45) is 8.33. The average molecular weight is 365 g/mol. The molecule has 6 heteroatoms. The van der Waals surface area contributed by atoms with Crippen LogP contribution in [0.15, 0.2) is 11.6 Å². The van der Waals surface area contributed by atoms with Crippen molar-refractivity contribution in [2.24, 2.45) is 0 Å². The number of piperazine rings is 1. The standard InChI is InChI=1S/C20H36N4O2/c1-3-24(4-2)20(26)17-23-14-12-22(13-15-23)16-19(25)21-11-10-18-8-6-5-7-9-18/h8H,3-7,9-17H2,1-2H3,(H,21,25). The van der Waals surface area contributed by atoms with E-state index >= 15 is 0 Å². The van der Waals surface area contributed by atoms with Crippen molar-refractivity contribution in [1.29, 1.82) is 0 Å². The molecule has 1 N–H and O–H groups in total. The van der Waals surface area contributed by atoms with Gasteiger partial charge in [-0.25, -0.2) is 0 Å². The third-order valence-electron chi connectivity index (χ3n) is 5.46. The first kappa shape index (κ1) is 20.9. The number of hydrogen-bond donors (Lipinski definition) is 1. The van der Waals surface area contributed by atoms with E-state index in [9.17, 15) is 9.59 Å². The molecule has 148 valence electrons. The first-order chi connectivity index (χ1) is 12.6. The number of nitrogens with one attached hydrogen (secondary N) is 1. The minimum Gasteiger partial charge on any atom is -0.355 e. The van der Waals surface area contributed by atoms with Crippen molar-refractivity contribution >= 4 is 11.8 Å². The van der Waals surface area contributed by atoms with E-state index in [1.165, 1.54) is 31.3 Å². The van der Waals surface area contributed by atoms with Crippen LogP contribution in [0, 0.1) is 0 Å². The Bertz CT molecular complexity index is 480. The second-order valence-electron chi connectivity index (χ2n) is 7.33. The van der Waals surface area contributed by atoms with Crippen molar-refractivity contribution in [2.75, 3.05) is 58.9 Å². The topological polar surface area (TPSA) is 55.9 Å². The third-order valence-corrected chi connectivity index (χ3v) is 5.46. The second-order valence-corrected chi connectivity index (χ2v) is 7.33. The van der Waals surface area contributed by atoms with Crippen LogP contribution in [0.4, 0.5) is 0 Å². The maximum Gasteiger partial charge on any atom is 0.236 e. The Labute approximate surface area is 158 Å². The van der Waals surface area contributed by atoms with Gasteiger partial charge >= 0.3 is 0 Å². The van der Waals surface area contributed by atoms with Crippen LogP contribution in [-0.2, 0) is 9.59 Å². The van der Waals surface area contributed by atoms with Gasteiger partial charge in [0, 0.05) is 45.8 Å². The Morgan fingerprint density at radius 3 is 2.27 bits per heavy atom. The van der Waals surface area contributed by atoms with Crippen LogP contribution >= 0.6 is 0 Å². The number of hydrogen-bond acceptors (Lipinski definition) is 4. The fourth-order valence-electron chi connectivity index (χ4n) is 3.73. The van der Waals surface area contributed by atoms with E-state index in [0.29, 0.717) is 13.1 Å². The van der Waals surface area contributed by atoms with Gasteiger partial charge in [0.1, 0.15) is 0 Å². The molecule has 0 aromatic rings. The Hall–Kier alpha value is -1.40. The normalized spacial score (nSPS) is 19.1. The van der Waals surface area contributed by atoms with Gasteiger partial charge in [-0.2, -0.15) is 0 Å². The van der Waals surface area contributed by atoms with Gasteiger partial charge in [0.05, 0.1) is 13.1 Å². The van der Waals surface area contributed by atoms with Crippen LogP contribution in [-0.4, -0.2) is 85.4 Å². The van der Waals surface area contributed by atoms with Crippen LogP contribution in [0.2, 0.25) is 0 Å². The Morgan fingerprint density at radius 1 is 1.04 bits per heavy atom. The molecule has 0 aromatic heterocycles. The summed E-state index contributed by atoms with van der Waals surface area (Å²) in [7, 11) is 0. The van der Waals surface area contributed by atoms with Crippen LogP contribution in [0.1, 0.15) is 46.0 Å². The lowest BCUT2D eigenvalue weighted by molar-refractivity contribution is -0.133. The second kappa shape index (κ2) is 11.3. The zero-order valence-electron chi connectivity index (χ0n) is 16.6. The van der Waals surface area contributed by atoms with Crippen LogP contribution in [0.5, 0.6) is 0 Å². The Morgan fingerprint density at radius 2 is 1.69 bits per heavy atom. The van der Waals surface area contributed by atoms with Gasteiger partial charge in [-0.1, -0.05) is 11.6 Å². The highest BCUT2D eigenvalue weighted by atomic mass is 16.2. The van der Waals surface area contributed by atoms with Gasteiger partial charge < -0.3 is 10.2 Å². The SMILES string of the molecule is CCN(CC)C(=O)CN1CCN(CC(=O)NCCC2=CCCCC2)CC1. The maximum absolute atomic E-state index is 12.2. The van der Waals surface area contributed by atoms with E-state index in [4.69, 9.17) is 0 Å². The molecule has 1 fully saturated rings. The first-order valence-electron chi connectivity index (χ1n) is 10.3. The van der Waals surface area contributed by atoms with Crippen molar-refractivity contribution in [3.8, 4) is 0 Å². The van der Waals surface area contributed by atoms with Crippen LogP contribution < -0.4 is 5.32 Å². The number of carbonyl (C=O) groups excluding carboxylic acids is 2. The van der Waals surface area contributed by atoms with Gasteiger partial charge in [0.2, 0.25) is 11.8 Å². The molecule has 0 bridgehead atoms. The van der Waals surface area contributed by atoms with Crippen LogP contribution in [0.25, 0.3) is 0 Å². The summed E-state index contributed by atoms with van der Waals surface area (Å²) in [5.41, 5.74) is 1.50. The number of carbonyl (C=O) groups is 2. The zero-order chi connectivity index (χ0) is 18.8. The van der Waals surface area contributed by atoms with Gasteiger partial charge in [-0.3, -0.25) is 19.4 Å². The molecule has 0 aromatic carbocycles. The lowest BCUT2D eigenvalue weighted by Crippen LogP contribution is -2.52. The first-order valence-corrected chi connectivity index (χ1v) is 10.3. The lowest BCUT2D eigenvalue weighted by Gasteiger charge is -2.34. The molecule has 0 saturated carbocycles. The zero-order valence-corrected chi connectivity index (χ0v) is 16.6. The average Bonchev–Trinajstić information content (AvgIpc) is 2.65. The van der Waals surface area contributed by atoms with E-state index in [-0.39, 0.29) is 11.8 Å². The molecular weight excluding hydrogens is 328 g/mol. The summed E-state index contributed by atoms with van der Waals surface area (Å²) in [6.45, 7) is 10.7. The number of rotatable bonds is 9. The van der Waals surface area contributed by atoms with Gasteiger partial charge in [-0.05, 0) is 46.0 Å². The Kier molecular flexibility index (Phi) is 9.12. The molecule has 0 spiro atoms. The Balaban J connectivity index is 1.59. The summed E-state index contributed by atoms with van der Waals surface area (Å²) < 4.78 is 0. The number of amides is 2. The summed E-state index contributed by atoms with van der Waals surface area (Å²) >= 11 is 0. The van der Waals surface area contributed by atoms with E-state index < -0.39 is 0 Å². The summed E-state index contributed by atoms with van der Waals surface area (Å²) in [5.74, 6) is 0.326. The van der Waals surface area contributed by atoms with Gasteiger partial charge in [0.15, 0.2) is 0 Å². The predicted octanol–water partition coefficient (Wildman–Crippen LogP) is 1.48. The molecule has 2 aliphatic rings. The molecule has 0 radical (unpaired) electrons. The fraction of sp³-hybridized carbons (Fsp3) is 0.800. The monoisotopic (exact) mass is 364 g/mol. The van der Waals surface area contributed by atoms with Crippen molar-refractivity contribution < 1.29 is 9.59 Å². The van der Waals surface area contributed by atoms with E-state index in [2.05, 4.69) is 21.2 Å². The van der Waals surface area contributed by atoms with Gasteiger partial charge in [0.25, 0.3) is 0 Å².